The summed E-state index contributed by atoms with van der Waals surface area (Å²) in [6, 6.07) is 0.589. The maximum absolute atomic E-state index is 14.5. The van der Waals surface area contributed by atoms with E-state index in [0.717, 1.165) is 0 Å². The molecule has 2 aromatic rings. The van der Waals surface area contributed by atoms with Gasteiger partial charge >= 0.3 is 10.7 Å². The van der Waals surface area contributed by atoms with Crippen molar-refractivity contribution in [2.24, 2.45) is 0 Å². The molecule has 0 spiro atoms. The molecule has 2 rings (SSSR count). The molecule has 0 aliphatic heterocycles. The first kappa shape index (κ1) is 22.0. The lowest BCUT2D eigenvalue weighted by Crippen LogP contribution is -2.28. The average Bonchev–Trinajstić information content (AvgIpc) is 2.59. The third kappa shape index (κ3) is 4.07. The summed E-state index contributed by atoms with van der Waals surface area (Å²) in [5.74, 6) is -12.6. The lowest BCUT2D eigenvalue weighted by Gasteiger charge is -2.15. The molecule has 0 radical (unpaired) electrons. The summed E-state index contributed by atoms with van der Waals surface area (Å²) in [6.07, 6.45) is -0.777. The van der Waals surface area contributed by atoms with Crippen LogP contribution in [0.1, 0.15) is 5.56 Å². The molecule has 0 fully saturated rings. The van der Waals surface area contributed by atoms with Crippen LogP contribution in [0.3, 0.4) is 0 Å². The Bertz CT molecular complexity index is 947. The lowest BCUT2D eigenvalue weighted by atomic mass is 9.97. The third-order valence-electron chi connectivity index (χ3n) is 3.58. The second-order valence-electron chi connectivity index (χ2n) is 5.38. The van der Waals surface area contributed by atoms with Crippen molar-refractivity contribution in [2.45, 2.75) is 11.3 Å². The summed E-state index contributed by atoms with van der Waals surface area (Å²) in [6.45, 7) is -0.849. The van der Waals surface area contributed by atoms with E-state index in [1.165, 1.54) is 5.32 Å². The predicted molar refractivity (Wildman–Crippen MR) is 86.6 cm³/mol. The fourth-order valence-electron chi connectivity index (χ4n) is 2.30. The number of hydrogen-bond acceptors (Lipinski definition) is 3. The maximum atomic E-state index is 14.5. The van der Waals surface area contributed by atoms with Crippen molar-refractivity contribution in [2.75, 3.05) is 11.9 Å². The quantitative estimate of drug-likeness (QED) is 0.199. The fourth-order valence-corrected chi connectivity index (χ4v) is 2.40. The molecule has 3 N–H and O–H groups in total. The highest BCUT2D eigenvalue weighted by atomic mass is 79.9. The number of nitrogens with one attached hydrogen (secondary N) is 1. The van der Waals surface area contributed by atoms with Crippen LogP contribution in [0.4, 0.5) is 36.4 Å². The molecule has 0 unspecified atom stereocenters. The fraction of sp³-hybridized carbons (Fsp3) is 0.188. The molecule has 0 saturated heterocycles. The van der Waals surface area contributed by atoms with Gasteiger partial charge in [0.2, 0.25) is 0 Å². The van der Waals surface area contributed by atoms with Gasteiger partial charge in [0.05, 0.1) is 11.3 Å². The zero-order chi connectivity index (χ0) is 21.4. The molecule has 4 nitrogen and oxygen atoms in total. The van der Waals surface area contributed by atoms with Gasteiger partial charge in [-0.05, 0) is 6.07 Å². The number of halogens is 8. The van der Waals surface area contributed by atoms with Crippen LogP contribution in [-0.2, 0) is 11.2 Å². The van der Waals surface area contributed by atoms with Crippen LogP contribution in [0.15, 0.2) is 12.1 Å². The van der Waals surface area contributed by atoms with Crippen molar-refractivity contribution in [1.82, 2.24) is 0 Å². The number of aromatic hydroxyl groups is 1. The SMILES string of the molecule is O=C(Nc1cc(-c2c(F)c(F)c(F)c(CCO)c2F)c(F)cc1O)C(F)(F)Br. The molecule has 0 atom stereocenters. The van der Waals surface area contributed by atoms with Crippen LogP contribution in [0, 0.1) is 29.1 Å². The first-order chi connectivity index (χ1) is 12.9. The van der Waals surface area contributed by atoms with Crippen LogP contribution in [-0.4, -0.2) is 27.6 Å². The van der Waals surface area contributed by atoms with E-state index in [1.54, 1.807) is 15.9 Å². The van der Waals surface area contributed by atoms with E-state index in [2.05, 4.69) is 0 Å². The Morgan fingerprint density at radius 1 is 1.04 bits per heavy atom. The molecule has 2 aromatic carbocycles. The smallest absolute Gasteiger partial charge is 0.378 e. The van der Waals surface area contributed by atoms with Gasteiger partial charge in [0, 0.05) is 46.2 Å². The van der Waals surface area contributed by atoms with Gasteiger partial charge in [-0.3, -0.25) is 4.79 Å². The van der Waals surface area contributed by atoms with Crippen molar-refractivity contribution < 1.29 is 45.7 Å². The van der Waals surface area contributed by atoms with Crippen molar-refractivity contribution in [3.63, 3.8) is 0 Å². The number of amides is 1. The Hall–Kier alpha value is -2.34. The Morgan fingerprint density at radius 2 is 1.64 bits per heavy atom. The van der Waals surface area contributed by atoms with Gasteiger partial charge in [-0.15, -0.1) is 0 Å². The van der Waals surface area contributed by atoms with Crippen LogP contribution >= 0.6 is 15.9 Å². The molecule has 0 aliphatic rings. The molecule has 0 saturated carbocycles. The van der Waals surface area contributed by atoms with E-state index in [4.69, 9.17) is 5.11 Å². The number of alkyl halides is 3. The van der Waals surface area contributed by atoms with Crippen molar-refractivity contribution in [3.05, 3.63) is 46.8 Å². The minimum atomic E-state index is -4.10. The molecule has 0 bridgehead atoms. The maximum Gasteiger partial charge on any atom is 0.378 e. The molecule has 0 aromatic heterocycles. The standard InChI is InChI=1S/C16H9BrF7NO3/c17-16(23,24)15(28)25-8-3-6(7(18)4-9(8)27)10-11(19)5(1-2-26)12(20)14(22)13(10)21/h3-4,26-27H,1-2H2,(H,25,28). The normalized spacial score (nSPS) is 11.6. The molecule has 0 aliphatic carbocycles. The van der Waals surface area contributed by atoms with E-state index in [1.807, 2.05) is 0 Å². The van der Waals surface area contributed by atoms with Gasteiger partial charge in [-0.2, -0.15) is 8.78 Å². The number of phenols is 1. The Morgan fingerprint density at radius 3 is 2.18 bits per heavy atom. The zero-order valence-corrected chi connectivity index (χ0v) is 15.0. The number of aliphatic hydroxyl groups excluding tert-OH is 1. The Balaban J connectivity index is 2.72. The highest BCUT2D eigenvalue weighted by Crippen LogP contribution is 2.38. The second kappa shape index (κ2) is 7.95. The summed E-state index contributed by atoms with van der Waals surface area (Å²) < 4.78 is 96.1. The van der Waals surface area contributed by atoms with Gasteiger partial charge < -0.3 is 15.5 Å². The van der Waals surface area contributed by atoms with Crippen LogP contribution in [0.5, 0.6) is 5.75 Å². The van der Waals surface area contributed by atoms with E-state index in [9.17, 15) is 40.6 Å². The van der Waals surface area contributed by atoms with Gasteiger partial charge in [0.25, 0.3) is 0 Å². The number of carbonyl (C=O) groups excluding carboxylic acids is 1. The largest absolute Gasteiger partial charge is 0.506 e. The third-order valence-corrected chi connectivity index (χ3v) is 3.94. The Kier molecular flexibility index (Phi) is 6.24. The number of hydrogen-bond donors (Lipinski definition) is 3. The summed E-state index contributed by atoms with van der Waals surface area (Å²) in [4.78, 5) is 7.20. The molecule has 152 valence electrons. The molecule has 1 amide bonds. The van der Waals surface area contributed by atoms with Crippen molar-refractivity contribution in [1.29, 1.82) is 0 Å². The number of phenolic OH excluding ortho intramolecular Hbond substituents is 1. The summed E-state index contributed by atoms with van der Waals surface area (Å²) in [5.41, 5.74) is -4.48. The van der Waals surface area contributed by atoms with Gasteiger partial charge in [0.1, 0.15) is 17.4 Å². The van der Waals surface area contributed by atoms with E-state index in [-0.39, 0.29) is 6.07 Å². The second-order valence-corrected chi connectivity index (χ2v) is 6.38. The number of carbonyl (C=O) groups is 1. The minimum Gasteiger partial charge on any atom is -0.506 e. The van der Waals surface area contributed by atoms with Crippen molar-refractivity contribution >= 4 is 27.5 Å². The predicted octanol–water partition coefficient (Wildman–Crippen LogP) is 4.22. The molecule has 28 heavy (non-hydrogen) atoms. The molecule has 12 heteroatoms. The first-order valence-electron chi connectivity index (χ1n) is 7.26. The summed E-state index contributed by atoms with van der Waals surface area (Å²) >= 11 is 1.74. The Labute approximate surface area is 160 Å². The number of benzene rings is 2. The lowest BCUT2D eigenvalue weighted by molar-refractivity contribution is -0.128. The number of anilines is 1. The van der Waals surface area contributed by atoms with Gasteiger partial charge in [0.15, 0.2) is 17.5 Å². The number of rotatable bonds is 5. The monoisotopic (exact) mass is 475 g/mol. The zero-order valence-electron chi connectivity index (χ0n) is 13.4. The topological polar surface area (TPSA) is 69.6 Å². The first-order valence-corrected chi connectivity index (χ1v) is 8.06. The van der Waals surface area contributed by atoms with Crippen LogP contribution in [0.25, 0.3) is 11.1 Å². The van der Waals surface area contributed by atoms with Crippen LogP contribution < -0.4 is 5.32 Å². The summed E-state index contributed by atoms with van der Waals surface area (Å²) in [7, 11) is 0. The van der Waals surface area contributed by atoms with Gasteiger partial charge in [-0.1, -0.05) is 0 Å². The van der Waals surface area contributed by atoms with E-state index >= 15 is 0 Å². The van der Waals surface area contributed by atoms with Crippen molar-refractivity contribution in [3.8, 4) is 16.9 Å². The highest BCUT2D eigenvalue weighted by molar-refractivity contribution is 9.10. The van der Waals surface area contributed by atoms with Crippen LogP contribution in [0.2, 0.25) is 0 Å². The van der Waals surface area contributed by atoms with Gasteiger partial charge in [-0.25, -0.2) is 22.0 Å². The highest BCUT2D eigenvalue weighted by Gasteiger charge is 2.36. The molecular formula is C16H9BrF7NO3. The molecule has 0 heterocycles. The average molecular weight is 476 g/mol. The van der Waals surface area contributed by atoms with E-state index < -0.39 is 81.0 Å². The summed E-state index contributed by atoms with van der Waals surface area (Å²) in [5, 5.41) is 19.9. The van der Waals surface area contributed by atoms with E-state index in [0.29, 0.717) is 6.07 Å². The minimum absolute atomic E-state index is 0.225. The molecular weight excluding hydrogens is 467 g/mol. The number of aliphatic hydroxyl groups is 1.